The van der Waals surface area contributed by atoms with E-state index >= 15 is 8.78 Å². The summed E-state index contributed by atoms with van der Waals surface area (Å²) < 4.78 is 39.1. The van der Waals surface area contributed by atoms with E-state index in [2.05, 4.69) is 48.3 Å². The van der Waals surface area contributed by atoms with Gasteiger partial charge in [-0.1, -0.05) is 18.2 Å². The van der Waals surface area contributed by atoms with Crippen LogP contribution in [0, 0.1) is 0 Å². The van der Waals surface area contributed by atoms with Gasteiger partial charge in [0.15, 0.2) is 5.82 Å². The van der Waals surface area contributed by atoms with Gasteiger partial charge in [0.25, 0.3) is 11.8 Å². The first-order valence-electron chi connectivity index (χ1n) is 20.7. The minimum atomic E-state index is -2.88. The highest BCUT2D eigenvalue weighted by molar-refractivity contribution is 6.01. The third-order valence-electron chi connectivity index (χ3n) is 12.5. The van der Waals surface area contributed by atoms with Gasteiger partial charge in [-0.05, 0) is 60.7 Å². The van der Waals surface area contributed by atoms with E-state index in [-0.39, 0.29) is 36.6 Å². The fourth-order valence-corrected chi connectivity index (χ4v) is 9.42. The van der Waals surface area contributed by atoms with Crippen molar-refractivity contribution in [2.75, 3.05) is 80.5 Å². The van der Waals surface area contributed by atoms with Crippen molar-refractivity contribution in [1.29, 1.82) is 0 Å². The molecule has 18 heteroatoms. The molecule has 0 saturated carbocycles. The number of hydrogen-bond donors (Lipinski definition) is 5. The number of pyridine rings is 1. The van der Waals surface area contributed by atoms with E-state index in [0.717, 1.165) is 52.4 Å². The van der Waals surface area contributed by atoms with Crippen molar-refractivity contribution in [3.05, 3.63) is 89.6 Å². The number of ether oxygens (including phenoxy) is 1. The number of anilines is 3. The van der Waals surface area contributed by atoms with E-state index in [1.165, 1.54) is 6.20 Å². The van der Waals surface area contributed by atoms with Crippen molar-refractivity contribution >= 4 is 40.5 Å². The highest BCUT2D eigenvalue weighted by atomic mass is 19.3. The number of likely N-dealkylation sites (tertiary alicyclic amines) is 1. The van der Waals surface area contributed by atoms with E-state index in [1.807, 2.05) is 59.3 Å². The molecular weight excluding hydrogens is 787 g/mol. The van der Waals surface area contributed by atoms with E-state index in [0.29, 0.717) is 69.4 Å². The van der Waals surface area contributed by atoms with E-state index in [9.17, 15) is 14.4 Å². The largest absolute Gasteiger partial charge is 0.495 e. The number of nitrogens with zero attached hydrogens (tertiary/aromatic N) is 7. The summed E-state index contributed by atoms with van der Waals surface area (Å²) >= 11 is 0. The molecule has 16 nitrogen and oxygen atoms in total. The number of piperazine rings is 1. The lowest BCUT2D eigenvalue weighted by Crippen LogP contribution is -2.61. The number of piperidine rings is 2. The molecule has 6 N–H and O–H groups in total. The Labute approximate surface area is 352 Å². The van der Waals surface area contributed by atoms with Crippen molar-refractivity contribution in [3.63, 3.8) is 0 Å². The number of carbonyl (C=O) groups excluding carboxylic acids is 3. The number of nitrogens with two attached hydrogens (primary N) is 1. The zero-order valence-corrected chi connectivity index (χ0v) is 34.2. The number of alkyl halides is 2. The molecule has 0 bridgehead atoms. The van der Waals surface area contributed by atoms with Crippen molar-refractivity contribution in [3.8, 4) is 17.0 Å². The standard InChI is InChI=1S/C43H50F2N12O4/c1-47-33-21-38(52-57-35(40(46)59)23-49-41(33)57)56-15-12-29-28(4-3-5-34(29)56)30-8-6-26(22-48-30)24-53-14-13-37(43(44,45)25-53)55-18-16-54(17-19-55)27-7-9-31(36(20-27)61-2)50-32-10-11-39(58)51-42(32)60/h3-9,20-23,32,37-38,47,50,52H,10-19,24-25H2,1-2H3,(H2,46,59)(H,51,58,60). The number of imide groups is 1. The van der Waals surface area contributed by atoms with E-state index in [4.69, 9.17) is 15.5 Å². The molecule has 0 aliphatic carbocycles. The number of imidazole rings is 1. The Kier molecular flexibility index (Phi) is 10.7. The number of halogens is 2. The summed E-state index contributed by atoms with van der Waals surface area (Å²) in [5.74, 6) is -2.94. The van der Waals surface area contributed by atoms with Crippen LogP contribution in [0.1, 0.15) is 46.7 Å². The number of primary amides is 1. The molecule has 3 unspecified atom stereocenters. The first-order valence-corrected chi connectivity index (χ1v) is 20.7. The maximum Gasteiger partial charge on any atom is 0.275 e. The second-order valence-corrected chi connectivity index (χ2v) is 16.2. The lowest BCUT2D eigenvalue weighted by molar-refractivity contribution is -0.133. The Morgan fingerprint density at radius 3 is 2.56 bits per heavy atom. The number of benzene rings is 2. The summed E-state index contributed by atoms with van der Waals surface area (Å²) in [6.45, 7) is 3.57. The third kappa shape index (κ3) is 7.80. The van der Waals surface area contributed by atoms with Crippen molar-refractivity contribution in [2.24, 2.45) is 5.73 Å². The Morgan fingerprint density at radius 2 is 1.84 bits per heavy atom. The van der Waals surface area contributed by atoms with Gasteiger partial charge in [-0.3, -0.25) is 39.9 Å². The van der Waals surface area contributed by atoms with Crippen LogP contribution in [0.2, 0.25) is 0 Å². The summed E-state index contributed by atoms with van der Waals surface area (Å²) in [5, 5.41) is 8.74. The average molecular weight is 837 g/mol. The van der Waals surface area contributed by atoms with Gasteiger partial charge >= 0.3 is 0 Å². The SMILES string of the molecule is CNC1=CC(N2CCc3c(-c4ccc(CN5CCC(N6CCN(c7ccc(NC8CCC(=O)NC8=O)c(OC)c7)CC6)C(F)(F)C5)cn4)cccc32)Nn2c(C(N)=O)cnc21. The second kappa shape index (κ2) is 16.3. The lowest BCUT2D eigenvalue weighted by Gasteiger charge is -2.46. The minimum Gasteiger partial charge on any atom is -0.495 e. The molecular formula is C43H50F2N12O4. The Morgan fingerprint density at radius 1 is 1.00 bits per heavy atom. The van der Waals surface area contributed by atoms with Crippen LogP contribution in [0.25, 0.3) is 17.0 Å². The van der Waals surface area contributed by atoms with Gasteiger partial charge in [0.05, 0.1) is 43.0 Å². The summed E-state index contributed by atoms with van der Waals surface area (Å²) in [7, 11) is 3.38. The highest BCUT2D eigenvalue weighted by Gasteiger charge is 2.48. The minimum absolute atomic E-state index is 0.269. The topological polar surface area (TPSA) is 178 Å². The quantitative estimate of drug-likeness (QED) is 0.140. The molecule has 0 spiro atoms. The van der Waals surface area contributed by atoms with Crippen molar-refractivity contribution < 1.29 is 27.9 Å². The van der Waals surface area contributed by atoms with Gasteiger partial charge in [-0.2, -0.15) is 0 Å². The summed E-state index contributed by atoms with van der Waals surface area (Å²) in [6, 6.07) is 14.4. The molecule has 3 atom stereocenters. The molecule has 5 aliphatic rings. The normalized spacial score (nSPS) is 22.8. The number of nitrogens with one attached hydrogen (secondary N) is 4. The Bertz CT molecular complexity index is 2360. The molecule has 7 heterocycles. The van der Waals surface area contributed by atoms with Crippen LogP contribution in [-0.4, -0.2) is 126 Å². The van der Waals surface area contributed by atoms with Crippen LogP contribution in [0.15, 0.2) is 67.0 Å². The van der Waals surface area contributed by atoms with Crippen LogP contribution in [0.3, 0.4) is 0 Å². The monoisotopic (exact) mass is 836 g/mol. The molecule has 0 radical (unpaired) electrons. The average Bonchev–Trinajstić information content (AvgIpc) is 3.90. The molecule has 2 aromatic heterocycles. The Hall–Kier alpha value is -6.27. The first-order chi connectivity index (χ1) is 29.5. The predicted octanol–water partition coefficient (Wildman–Crippen LogP) is 2.81. The molecule has 3 fully saturated rings. The van der Waals surface area contributed by atoms with Gasteiger partial charge < -0.3 is 30.9 Å². The van der Waals surface area contributed by atoms with Crippen LogP contribution in [0.5, 0.6) is 5.75 Å². The van der Waals surface area contributed by atoms with Gasteiger partial charge in [-0.15, -0.1) is 0 Å². The summed E-state index contributed by atoms with van der Waals surface area (Å²) in [5.41, 5.74) is 16.6. The van der Waals surface area contributed by atoms with Crippen molar-refractivity contribution in [2.45, 2.75) is 56.4 Å². The highest BCUT2D eigenvalue weighted by Crippen LogP contribution is 2.39. The number of fused-ring (bicyclic) bond motifs is 2. The third-order valence-corrected chi connectivity index (χ3v) is 12.5. The van der Waals surface area contributed by atoms with Crippen LogP contribution < -0.4 is 41.6 Å². The zero-order valence-electron chi connectivity index (χ0n) is 34.2. The number of rotatable bonds is 11. The fourth-order valence-electron chi connectivity index (χ4n) is 9.42. The van der Waals surface area contributed by atoms with Gasteiger partial charge in [-0.25, -0.2) is 18.4 Å². The number of carbonyl (C=O) groups is 3. The summed E-state index contributed by atoms with van der Waals surface area (Å²) in [6.07, 6.45) is 6.87. The molecule has 3 saturated heterocycles. The van der Waals surface area contributed by atoms with Crippen LogP contribution >= 0.6 is 0 Å². The van der Waals surface area contributed by atoms with Crippen LogP contribution in [-0.2, 0) is 22.6 Å². The second-order valence-electron chi connectivity index (χ2n) is 16.2. The zero-order chi connectivity index (χ0) is 42.4. The van der Waals surface area contributed by atoms with Gasteiger partial charge in [0.2, 0.25) is 11.8 Å². The van der Waals surface area contributed by atoms with E-state index in [1.54, 1.807) is 18.0 Å². The molecule has 4 aromatic rings. The summed E-state index contributed by atoms with van der Waals surface area (Å²) in [4.78, 5) is 53.3. The molecule has 320 valence electrons. The first kappa shape index (κ1) is 40.2. The fraction of sp³-hybridized carbons (Fsp3) is 0.419. The van der Waals surface area contributed by atoms with Gasteiger partial charge in [0, 0.05) is 88.5 Å². The molecule has 2 aromatic carbocycles. The molecule has 9 rings (SSSR count). The van der Waals surface area contributed by atoms with E-state index < -0.39 is 23.9 Å². The predicted molar refractivity (Wildman–Crippen MR) is 227 cm³/mol. The number of aromatic nitrogens is 3. The smallest absolute Gasteiger partial charge is 0.275 e. The van der Waals surface area contributed by atoms with Gasteiger partial charge in [0.1, 0.15) is 23.7 Å². The Balaban J connectivity index is 0.797. The van der Waals surface area contributed by atoms with Crippen LogP contribution in [0.4, 0.5) is 25.8 Å². The maximum atomic E-state index is 15.9. The lowest BCUT2D eigenvalue weighted by atomic mass is 9.97. The van der Waals surface area contributed by atoms with Crippen molar-refractivity contribution in [1.82, 2.24) is 35.1 Å². The maximum absolute atomic E-state index is 15.9. The molecule has 5 aliphatic heterocycles. The molecule has 3 amide bonds. The number of hydrogen-bond acceptors (Lipinski definition) is 13. The number of amides is 3. The molecule has 61 heavy (non-hydrogen) atoms. The number of methoxy groups -OCH3 is 1.